The molecule has 3 fully saturated rings. The van der Waals surface area contributed by atoms with Crippen LogP contribution in [0.15, 0.2) is 24.4 Å². The zero-order chi connectivity index (χ0) is 33.7. The van der Waals surface area contributed by atoms with E-state index in [1.165, 1.54) is 18.3 Å². The molecule has 0 bridgehead atoms. The summed E-state index contributed by atoms with van der Waals surface area (Å²) in [7, 11) is 1.96. The predicted molar refractivity (Wildman–Crippen MR) is 169 cm³/mol. The Bertz CT molecular complexity index is 1430. The summed E-state index contributed by atoms with van der Waals surface area (Å²) in [6.45, 7) is 3.99. The number of piperazine rings is 1. The van der Waals surface area contributed by atoms with E-state index in [4.69, 9.17) is 0 Å². The van der Waals surface area contributed by atoms with Gasteiger partial charge in [0.25, 0.3) is 11.8 Å². The van der Waals surface area contributed by atoms with Crippen LogP contribution in [-0.4, -0.2) is 94.2 Å². The van der Waals surface area contributed by atoms with Crippen LogP contribution in [0, 0.1) is 17.7 Å². The summed E-state index contributed by atoms with van der Waals surface area (Å²) < 4.78 is 48.6. The van der Waals surface area contributed by atoms with E-state index in [9.17, 15) is 28.0 Å². The van der Waals surface area contributed by atoms with Gasteiger partial charge in [-0.1, -0.05) is 43.2 Å². The number of anilines is 1. The average molecular weight is 678 g/mol. The molecule has 256 valence electrons. The SMILES string of the molecule is C[C@@H](c1ccc(NC(=O)[C@@H](NC(=O)C(F)(F)C2CC2)C2CCCCCC2)c(F)c1)[C@@H](NC(=O)c1cnns1)C(=O)N1CCN(C)CC1. The molecule has 2 aromatic rings. The van der Waals surface area contributed by atoms with Gasteiger partial charge in [-0.2, -0.15) is 8.78 Å². The third kappa shape index (κ3) is 8.47. The summed E-state index contributed by atoms with van der Waals surface area (Å²) in [5.41, 5.74) is 0.211. The van der Waals surface area contributed by atoms with Crippen LogP contribution in [-0.2, 0) is 14.4 Å². The Kier molecular flexibility index (Phi) is 11.2. The lowest BCUT2D eigenvalue weighted by Gasteiger charge is -2.36. The Labute approximate surface area is 276 Å². The molecule has 2 heterocycles. The smallest absolute Gasteiger partial charge is 0.327 e. The minimum atomic E-state index is -3.57. The maximum atomic E-state index is 15.6. The fraction of sp³-hybridized carbons (Fsp3) is 0.625. The second-order valence-electron chi connectivity index (χ2n) is 13.0. The molecule has 1 saturated heterocycles. The van der Waals surface area contributed by atoms with Gasteiger partial charge in [-0.15, -0.1) is 5.10 Å². The average Bonchev–Trinajstić information content (AvgIpc) is 3.84. The number of rotatable bonds is 11. The Morgan fingerprint density at radius 3 is 2.26 bits per heavy atom. The highest BCUT2D eigenvalue weighted by Crippen LogP contribution is 2.43. The third-order valence-electron chi connectivity index (χ3n) is 9.56. The molecule has 1 aromatic heterocycles. The highest BCUT2D eigenvalue weighted by Gasteiger charge is 2.53. The van der Waals surface area contributed by atoms with E-state index in [0.717, 1.165) is 37.2 Å². The van der Waals surface area contributed by atoms with E-state index < -0.39 is 53.4 Å². The predicted octanol–water partition coefficient (Wildman–Crippen LogP) is 3.79. The second-order valence-corrected chi connectivity index (χ2v) is 13.8. The number of hydrogen-bond donors (Lipinski definition) is 3. The van der Waals surface area contributed by atoms with E-state index in [-0.39, 0.29) is 35.2 Å². The number of nitrogens with zero attached hydrogens (tertiary/aromatic N) is 4. The number of hydrogen-bond acceptors (Lipinski definition) is 8. The van der Waals surface area contributed by atoms with E-state index in [1.54, 1.807) is 17.9 Å². The number of carbonyl (C=O) groups is 4. The second kappa shape index (κ2) is 15.1. The van der Waals surface area contributed by atoms with Crippen molar-refractivity contribution in [2.75, 3.05) is 38.5 Å². The summed E-state index contributed by atoms with van der Waals surface area (Å²) in [6, 6.07) is 1.80. The molecule has 0 spiro atoms. The monoisotopic (exact) mass is 677 g/mol. The lowest BCUT2D eigenvalue weighted by molar-refractivity contribution is -0.151. The van der Waals surface area contributed by atoms with Crippen molar-refractivity contribution in [3.8, 4) is 0 Å². The van der Waals surface area contributed by atoms with E-state index in [1.807, 2.05) is 7.05 Å². The van der Waals surface area contributed by atoms with Gasteiger partial charge in [0, 0.05) is 38.0 Å². The van der Waals surface area contributed by atoms with Crippen LogP contribution in [0.2, 0.25) is 0 Å². The van der Waals surface area contributed by atoms with Crippen LogP contribution in [0.25, 0.3) is 0 Å². The van der Waals surface area contributed by atoms with Gasteiger partial charge in [-0.25, -0.2) is 4.39 Å². The van der Waals surface area contributed by atoms with Crippen molar-refractivity contribution in [3.05, 3.63) is 40.7 Å². The molecule has 0 unspecified atom stereocenters. The van der Waals surface area contributed by atoms with Crippen molar-refractivity contribution in [2.45, 2.75) is 82.2 Å². The van der Waals surface area contributed by atoms with Crippen molar-refractivity contribution < 1.29 is 32.3 Å². The van der Waals surface area contributed by atoms with Gasteiger partial charge >= 0.3 is 5.92 Å². The first-order valence-corrected chi connectivity index (χ1v) is 17.1. The summed E-state index contributed by atoms with van der Waals surface area (Å²) in [4.78, 5) is 56.8. The molecule has 1 aliphatic heterocycles. The molecule has 11 nitrogen and oxygen atoms in total. The number of alkyl halides is 2. The topological polar surface area (TPSA) is 137 Å². The van der Waals surface area contributed by atoms with Crippen molar-refractivity contribution in [2.24, 2.45) is 11.8 Å². The van der Waals surface area contributed by atoms with Crippen LogP contribution < -0.4 is 16.0 Å². The van der Waals surface area contributed by atoms with Crippen LogP contribution in [0.3, 0.4) is 0 Å². The molecule has 4 amide bonds. The maximum absolute atomic E-state index is 15.6. The summed E-state index contributed by atoms with van der Waals surface area (Å²) in [5.74, 6) is -9.50. The molecular formula is C32H42F3N7O4S. The highest BCUT2D eigenvalue weighted by molar-refractivity contribution is 7.07. The van der Waals surface area contributed by atoms with Crippen LogP contribution in [0.4, 0.5) is 18.9 Å². The zero-order valence-electron chi connectivity index (χ0n) is 26.6. The molecule has 5 rings (SSSR count). The Morgan fingerprint density at radius 2 is 1.66 bits per heavy atom. The summed E-state index contributed by atoms with van der Waals surface area (Å²) >= 11 is 0.888. The van der Waals surface area contributed by atoms with Gasteiger partial charge in [0.2, 0.25) is 11.8 Å². The molecule has 2 aliphatic carbocycles. The quantitative estimate of drug-likeness (QED) is 0.308. The molecule has 3 aliphatic rings. The normalized spacial score (nSPS) is 20.1. The molecule has 3 atom stereocenters. The van der Waals surface area contributed by atoms with Crippen LogP contribution >= 0.6 is 11.5 Å². The Morgan fingerprint density at radius 1 is 0.979 bits per heavy atom. The summed E-state index contributed by atoms with van der Waals surface area (Å²) in [5, 5.41) is 11.3. The lowest BCUT2D eigenvalue weighted by Crippen LogP contribution is -2.55. The number of benzene rings is 1. The number of likely N-dealkylation sites (N-methyl/N-ethyl adjacent to an activating group) is 1. The van der Waals surface area contributed by atoms with Gasteiger partial charge in [0.15, 0.2) is 0 Å². The first-order valence-electron chi connectivity index (χ1n) is 16.3. The highest BCUT2D eigenvalue weighted by atomic mass is 32.1. The Balaban J connectivity index is 1.33. The summed E-state index contributed by atoms with van der Waals surface area (Å²) in [6.07, 6.45) is 6.47. The van der Waals surface area contributed by atoms with Crippen LogP contribution in [0.1, 0.15) is 79.4 Å². The third-order valence-corrected chi connectivity index (χ3v) is 10.2. The van der Waals surface area contributed by atoms with Gasteiger partial charge < -0.3 is 25.8 Å². The van der Waals surface area contributed by atoms with Crippen LogP contribution in [0.5, 0.6) is 0 Å². The van der Waals surface area contributed by atoms with E-state index >= 15 is 4.39 Å². The van der Waals surface area contributed by atoms with Crippen molar-refractivity contribution in [1.82, 2.24) is 30.0 Å². The molecular weight excluding hydrogens is 635 g/mol. The fourth-order valence-electron chi connectivity index (χ4n) is 6.33. The van der Waals surface area contributed by atoms with Gasteiger partial charge in [-0.3, -0.25) is 19.2 Å². The molecule has 15 heteroatoms. The number of carbonyl (C=O) groups excluding carboxylic acids is 4. The number of aromatic nitrogens is 2. The number of amides is 4. The lowest BCUT2D eigenvalue weighted by atomic mass is 9.90. The van der Waals surface area contributed by atoms with E-state index in [0.29, 0.717) is 44.6 Å². The standard InChI is InChI=1S/C32H42F3N7O4S/c1-19(26(38-28(43)25-18-36-40-47-25)30(45)42-15-13-41(2)14-16-42)21-9-12-24(23(33)17-21)37-29(44)27(20-7-5-3-4-6-8-20)39-31(46)32(34,35)22-10-11-22/h9,12,17-20,22,26-27H,3-8,10-11,13-16H2,1-2H3,(H,37,44)(H,38,43)(H,39,46)/t19-,26+,27-/m0/s1. The molecule has 0 radical (unpaired) electrons. The minimum Gasteiger partial charge on any atom is -0.339 e. The molecule has 3 N–H and O–H groups in total. The minimum absolute atomic E-state index is 0.186. The van der Waals surface area contributed by atoms with Crippen molar-refractivity contribution >= 4 is 40.8 Å². The Hall–Kier alpha value is -3.59. The van der Waals surface area contributed by atoms with Gasteiger partial charge in [0.1, 0.15) is 22.8 Å². The number of halogens is 3. The zero-order valence-corrected chi connectivity index (χ0v) is 27.5. The first kappa shape index (κ1) is 34.7. The van der Waals surface area contributed by atoms with Gasteiger partial charge in [-0.05, 0) is 67.9 Å². The van der Waals surface area contributed by atoms with Crippen molar-refractivity contribution in [3.63, 3.8) is 0 Å². The molecule has 1 aromatic carbocycles. The van der Waals surface area contributed by atoms with Gasteiger partial charge in [0.05, 0.1) is 11.9 Å². The van der Waals surface area contributed by atoms with E-state index in [2.05, 4.69) is 30.4 Å². The first-order chi connectivity index (χ1) is 22.5. The molecule has 47 heavy (non-hydrogen) atoms. The number of nitrogens with one attached hydrogen (secondary N) is 3. The molecule has 2 saturated carbocycles. The van der Waals surface area contributed by atoms with Crippen molar-refractivity contribution in [1.29, 1.82) is 0 Å². The fourth-order valence-corrected chi connectivity index (χ4v) is 6.75. The maximum Gasteiger partial charge on any atom is 0.327 e. The largest absolute Gasteiger partial charge is 0.339 e.